The van der Waals surface area contributed by atoms with E-state index < -0.39 is 11.9 Å². The Balaban J connectivity index is 0.000000464. The van der Waals surface area contributed by atoms with Crippen LogP contribution in [0, 0.1) is 0 Å². The molecule has 0 spiro atoms. The fraction of sp³-hybridized carbons (Fsp3) is 0.758. The zero-order valence-electron chi connectivity index (χ0n) is 24.4. The SMILES string of the molecule is CCCCCCCCCCCCCCCC(=O)OCC(C(=O)O)c1ccccc1.CN1C2CCCC1CC2. The van der Waals surface area contributed by atoms with E-state index in [0.29, 0.717) is 12.0 Å². The summed E-state index contributed by atoms with van der Waals surface area (Å²) in [6, 6.07) is 10.8. The van der Waals surface area contributed by atoms with Gasteiger partial charge in [0.15, 0.2) is 0 Å². The summed E-state index contributed by atoms with van der Waals surface area (Å²) in [7, 11) is 2.29. The highest BCUT2D eigenvalue weighted by molar-refractivity contribution is 5.77. The summed E-state index contributed by atoms with van der Waals surface area (Å²) >= 11 is 0. The summed E-state index contributed by atoms with van der Waals surface area (Å²) < 4.78 is 5.21. The standard InChI is InChI=1S/C25H40O4.C8H15N/c1-2-3-4-5-6-7-8-9-10-11-12-13-17-20-24(26)29-21-23(25(27)28)22-18-15-14-16-19-22;1-9-7-3-2-4-8(9)6-5-7/h14-16,18-19,23H,2-13,17,20-21H2,1H3,(H,27,28);7-8H,2-6H2,1H3. The number of fused-ring (bicyclic) bond motifs is 2. The normalized spacial score (nSPS) is 19.4. The maximum absolute atomic E-state index is 11.9. The Labute approximate surface area is 232 Å². The van der Waals surface area contributed by atoms with Crippen LogP contribution in [0.25, 0.3) is 0 Å². The van der Waals surface area contributed by atoms with E-state index in [9.17, 15) is 14.7 Å². The highest BCUT2D eigenvalue weighted by Gasteiger charge is 2.33. The molecule has 0 radical (unpaired) electrons. The molecule has 2 heterocycles. The molecule has 216 valence electrons. The van der Waals surface area contributed by atoms with Gasteiger partial charge in [0.25, 0.3) is 0 Å². The van der Waals surface area contributed by atoms with Gasteiger partial charge in [-0.1, -0.05) is 121 Å². The van der Waals surface area contributed by atoms with Crippen LogP contribution in [-0.4, -0.2) is 47.7 Å². The molecule has 0 aliphatic carbocycles. The Morgan fingerprint density at radius 3 is 1.79 bits per heavy atom. The molecule has 0 saturated carbocycles. The number of benzene rings is 1. The number of rotatable bonds is 18. The molecule has 5 nitrogen and oxygen atoms in total. The van der Waals surface area contributed by atoms with Gasteiger partial charge in [-0.25, -0.2) is 0 Å². The van der Waals surface area contributed by atoms with Crippen LogP contribution in [-0.2, 0) is 14.3 Å². The number of ether oxygens (including phenoxy) is 1. The first-order valence-electron chi connectivity index (χ1n) is 15.7. The van der Waals surface area contributed by atoms with Crippen molar-refractivity contribution in [1.29, 1.82) is 0 Å². The number of hydrogen-bond donors (Lipinski definition) is 1. The van der Waals surface area contributed by atoms with E-state index in [2.05, 4.69) is 18.9 Å². The summed E-state index contributed by atoms with van der Waals surface area (Å²) in [5, 5.41) is 9.35. The second-order valence-electron chi connectivity index (χ2n) is 11.5. The molecular weight excluding hydrogens is 474 g/mol. The molecule has 3 rings (SSSR count). The van der Waals surface area contributed by atoms with Gasteiger partial charge < -0.3 is 14.7 Å². The first-order chi connectivity index (χ1) is 18.5. The summed E-state index contributed by atoms with van der Waals surface area (Å²) in [6.45, 7) is 2.15. The van der Waals surface area contributed by atoms with Gasteiger partial charge in [-0.15, -0.1) is 0 Å². The van der Waals surface area contributed by atoms with E-state index in [-0.39, 0.29) is 12.6 Å². The number of carboxylic acids is 1. The molecule has 3 unspecified atom stereocenters. The summed E-state index contributed by atoms with van der Waals surface area (Å²) in [6.07, 6.45) is 24.2. The topological polar surface area (TPSA) is 66.8 Å². The van der Waals surface area contributed by atoms with E-state index in [1.807, 2.05) is 6.07 Å². The van der Waals surface area contributed by atoms with E-state index in [0.717, 1.165) is 31.3 Å². The molecule has 1 aromatic carbocycles. The average Bonchev–Trinajstić information content (AvgIpc) is 3.10. The number of hydrogen-bond acceptors (Lipinski definition) is 4. The van der Waals surface area contributed by atoms with Crippen molar-refractivity contribution in [2.24, 2.45) is 0 Å². The molecule has 2 aliphatic heterocycles. The molecule has 38 heavy (non-hydrogen) atoms. The molecule has 2 saturated heterocycles. The van der Waals surface area contributed by atoms with Crippen molar-refractivity contribution in [3.63, 3.8) is 0 Å². The number of esters is 1. The van der Waals surface area contributed by atoms with E-state index in [1.54, 1.807) is 24.3 Å². The van der Waals surface area contributed by atoms with Gasteiger partial charge in [-0.3, -0.25) is 9.59 Å². The number of aliphatic carboxylic acids is 1. The molecule has 1 aromatic rings. The minimum atomic E-state index is -0.968. The van der Waals surface area contributed by atoms with Gasteiger partial charge in [0.2, 0.25) is 0 Å². The number of carbonyl (C=O) groups is 2. The smallest absolute Gasteiger partial charge is 0.314 e. The molecule has 2 bridgehead atoms. The van der Waals surface area contributed by atoms with Crippen molar-refractivity contribution < 1.29 is 19.4 Å². The van der Waals surface area contributed by atoms with Crippen LogP contribution in [0.4, 0.5) is 0 Å². The first kappa shape index (κ1) is 32.3. The lowest BCUT2D eigenvalue weighted by Gasteiger charge is -2.30. The highest BCUT2D eigenvalue weighted by atomic mass is 16.5. The number of carboxylic acid groups (broad SMARTS) is 1. The lowest BCUT2D eigenvalue weighted by Crippen LogP contribution is -2.35. The Bertz CT molecular complexity index is 737. The Kier molecular flexibility index (Phi) is 17.1. The van der Waals surface area contributed by atoms with Gasteiger partial charge in [0.1, 0.15) is 12.5 Å². The molecular formula is C33H55NO4. The second-order valence-corrected chi connectivity index (χ2v) is 11.5. The molecule has 2 aliphatic rings. The lowest BCUT2D eigenvalue weighted by atomic mass is 10.0. The van der Waals surface area contributed by atoms with Gasteiger partial charge in [-0.2, -0.15) is 0 Å². The van der Waals surface area contributed by atoms with Crippen molar-refractivity contribution in [2.45, 2.75) is 147 Å². The maximum atomic E-state index is 11.9. The fourth-order valence-corrected chi connectivity index (χ4v) is 5.91. The monoisotopic (exact) mass is 529 g/mol. The molecule has 3 atom stereocenters. The van der Waals surface area contributed by atoms with Crippen molar-refractivity contribution >= 4 is 11.9 Å². The summed E-state index contributed by atoms with van der Waals surface area (Å²) in [5.74, 6) is -2.06. The molecule has 0 amide bonds. The largest absolute Gasteiger partial charge is 0.481 e. The first-order valence-corrected chi connectivity index (χ1v) is 15.7. The predicted octanol–water partition coefficient (Wildman–Crippen LogP) is 8.51. The van der Waals surface area contributed by atoms with Crippen LogP contribution >= 0.6 is 0 Å². The number of piperidine rings is 1. The van der Waals surface area contributed by atoms with E-state index >= 15 is 0 Å². The second kappa shape index (κ2) is 20.1. The Morgan fingerprint density at radius 1 is 0.816 bits per heavy atom. The van der Waals surface area contributed by atoms with Crippen LogP contribution in [0.1, 0.15) is 140 Å². The van der Waals surface area contributed by atoms with Crippen LogP contribution in [0.2, 0.25) is 0 Å². The van der Waals surface area contributed by atoms with Gasteiger partial charge in [0.05, 0.1) is 0 Å². The van der Waals surface area contributed by atoms with Gasteiger partial charge >= 0.3 is 11.9 Å². The van der Waals surface area contributed by atoms with Gasteiger partial charge in [-0.05, 0) is 44.7 Å². The molecule has 5 heteroatoms. The summed E-state index contributed by atoms with van der Waals surface area (Å²) in [4.78, 5) is 25.9. The Morgan fingerprint density at radius 2 is 1.32 bits per heavy atom. The number of nitrogens with zero attached hydrogens (tertiary/aromatic N) is 1. The molecule has 2 fully saturated rings. The Hall–Kier alpha value is -1.88. The zero-order chi connectivity index (χ0) is 27.4. The number of unbranched alkanes of at least 4 members (excludes halogenated alkanes) is 12. The van der Waals surface area contributed by atoms with E-state index in [1.165, 1.54) is 96.3 Å². The maximum Gasteiger partial charge on any atom is 0.314 e. The van der Waals surface area contributed by atoms with E-state index in [4.69, 9.17) is 4.74 Å². The minimum absolute atomic E-state index is 0.101. The van der Waals surface area contributed by atoms with Crippen molar-refractivity contribution in [3.05, 3.63) is 35.9 Å². The zero-order valence-corrected chi connectivity index (χ0v) is 24.4. The highest BCUT2D eigenvalue weighted by Crippen LogP contribution is 2.33. The fourth-order valence-electron chi connectivity index (χ4n) is 5.91. The minimum Gasteiger partial charge on any atom is -0.481 e. The third-order valence-corrected chi connectivity index (χ3v) is 8.46. The predicted molar refractivity (Wildman–Crippen MR) is 157 cm³/mol. The van der Waals surface area contributed by atoms with Crippen LogP contribution < -0.4 is 0 Å². The van der Waals surface area contributed by atoms with Crippen molar-refractivity contribution in [2.75, 3.05) is 13.7 Å². The molecule has 0 aromatic heterocycles. The third kappa shape index (κ3) is 13.3. The van der Waals surface area contributed by atoms with Crippen LogP contribution in [0.15, 0.2) is 30.3 Å². The number of carbonyl (C=O) groups excluding carboxylic acids is 1. The van der Waals surface area contributed by atoms with Gasteiger partial charge in [0, 0.05) is 18.5 Å². The van der Waals surface area contributed by atoms with Crippen molar-refractivity contribution in [1.82, 2.24) is 4.90 Å². The third-order valence-electron chi connectivity index (χ3n) is 8.46. The lowest BCUT2D eigenvalue weighted by molar-refractivity contribution is -0.148. The van der Waals surface area contributed by atoms with Crippen LogP contribution in [0.5, 0.6) is 0 Å². The van der Waals surface area contributed by atoms with Crippen LogP contribution in [0.3, 0.4) is 0 Å². The molecule has 1 N–H and O–H groups in total. The summed E-state index contributed by atoms with van der Waals surface area (Å²) in [5.41, 5.74) is 0.661. The quantitative estimate of drug-likeness (QED) is 0.152. The van der Waals surface area contributed by atoms with Crippen molar-refractivity contribution in [3.8, 4) is 0 Å². The average molecular weight is 530 g/mol.